The van der Waals surface area contributed by atoms with Crippen LogP contribution in [0, 0.1) is 0 Å². The molecular weight excluding hydrogens is 273 g/mol. The van der Waals surface area contributed by atoms with Gasteiger partial charge in [-0.15, -0.1) is 0 Å². The molecule has 0 aliphatic carbocycles. The van der Waals surface area contributed by atoms with Gasteiger partial charge in [0.1, 0.15) is 5.75 Å². The molecule has 4 rings (SSSR count). The number of fused-ring (bicyclic) bond motifs is 3. The van der Waals surface area contributed by atoms with Crippen LogP contribution >= 0.6 is 0 Å². The maximum atomic E-state index is 8.99. The molecule has 106 valence electrons. The highest BCUT2D eigenvalue weighted by molar-refractivity contribution is 6.17. The van der Waals surface area contributed by atoms with Crippen molar-refractivity contribution >= 4 is 29.5 Å². The Morgan fingerprint density at radius 1 is 0.773 bits per heavy atom. The Balaban J connectivity index is 2.11. The fourth-order valence-electron chi connectivity index (χ4n) is 2.97. The van der Waals surface area contributed by atoms with Gasteiger partial charge in [-0.1, -0.05) is 36.4 Å². The predicted octanol–water partition coefficient (Wildman–Crippen LogP) is 3.42. The zero-order valence-corrected chi connectivity index (χ0v) is 11.9. The number of para-hydroxylation sites is 2. The van der Waals surface area contributed by atoms with Gasteiger partial charge in [-0.3, -0.25) is 0 Å². The number of hydrogen-bond acceptors (Lipinski definition) is 2. The minimum absolute atomic E-state index is 0.322. The van der Waals surface area contributed by atoms with Crippen molar-refractivity contribution in [3.05, 3.63) is 72.8 Å². The Hall–Kier alpha value is -2.72. The zero-order valence-electron chi connectivity index (χ0n) is 11.9. The van der Waals surface area contributed by atoms with Gasteiger partial charge in [0.15, 0.2) is 0 Å². The van der Waals surface area contributed by atoms with E-state index in [4.69, 9.17) is 9.68 Å². The molecule has 1 aromatic heterocycles. The van der Waals surface area contributed by atoms with Crippen molar-refractivity contribution in [3.8, 4) is 11.4 Å². The minimum atomic E-state index is -0.322. The van der Waals surface area contributed by atoms with Gasteiger partial charge in [0.25, 0.3) is 0 Å². The lowest BCUT2D eigenvalue weighted by atomic mass is 10.1. The summed E-state index contributed by atoms with van der Waals surface area (Å²) >= 11 is 0. The van der Waals surface area contributed by atoms with Gasteiger partial charge in [0.2, 0.25) is 0 Å². The first-order chi connectivity index (χ1) is 10.9. The number of hydrogen-bond donors (Lipinski definition) is 1. The van der Waals surface area contributed by atoms with Crippen LogP contribution in [0.5, 0.6) is 5.75 Å². The van der Waals surface area contributed by atoms with Crippen LogP contribution in [0.15, 0.2) is 72.8 Å². The Labute approximate surface area is 128 Å². The predicted molar refractivity (Wildman–Crippen MR) is 90.8 cm³/mol. The molecule has 0 aliphatic heterocycles. The molecule has 3 nitrogen and oxygen atoms in total. The molecule has 1 N–H and O–H groups in total. The van der Waals surface area contributed by atoms with Crippen LogP contribution in [0.2, 0.25) is 0 Å². The van der Waals surface area contributed by atoms with Crippen molar-refractivity contribution in [2.75, 3.05) is 0 Å². The third-order valence-corrected chi connectivity index (χ3v) is 3.89. The first-order valence-corrected chi connectivity index (χ1v) is 7.21. The lowest BCUT2D eigenvalue weighted by molar-refractivity contribution is 0.454. The molecule has 0 aliphatic rings. The van der Waals surface area contributed by atoms with E-state index in [1.165, 1.54) is 10.8 Å². The topological polar surface area (TPSA) is 34.4 Å². The first kappa shape index (κ1) is 13.0. The average Bonchev–Trinajstić information content (AvgIpc) is 2.90. The van der Waals surface area contributed by atoms with Crippen LogP contribution in [0.3, 0.4) is 0 Å². The highest BCUT2D eigenvalue weighted by Crippen LogP contribution is 2.33. The second kappa shape index (κ2) is 5.24. The number of aromatic nitrogens is 1. The highest BCUT2D eigenvalue weighted by Gasteiger charge is 2.12. The number of nitrogens with zero attached hydrogens (tertiary/aromatic N) is 1. The van der Waals surface area contributed by atoms with Gasteiger partial charge in [-0.25, -0.2) is 0 Å². The molecule has 0 amide bonds. The molecule has 0 fully saturated rings. The van der Waals surface area contributed by atoms with Crippen LogP contribution in [-0.2, 0) is 0 Å². The summed E-state index contributed by atoms with van der Waals surface area (Å²) in [5.41, 5.74) is 3.33. The maximum absolute atomic E-state index is 8.99. The Morgan fingerprint density at radius 2 is 1.50 bits per heavy atom. The lowest BCUT2D eigenvalue weighted by Gasteiger charge is -2.08. The second-order valence-electron chi connectivity index (χ2n) is 5.14. The molecule has 0 saturated carbocycles. The molecule has 0 radical (unpaired) electrons. The average molecular weight is 287 g/mol. The molecule has 1 heterocycles. The SMILES string of the molecule is OBOc1ccc2c3ccccc3n(-c3ccccc3)c2c1. The summed E-state index contributed by atoms with van der Waals surface area (Å²) in [6.45, 7) is 0. The van der Waals surface area contributed by atoms with Gasteiger partial charge in [-0.2, -0.15) is 0 Å². The van der Waals surface area contributed by atoms with Crippen LogP contribution in [0.1, 0.15) is 0 Å². The van der Waals surface area contributed by atoms with Crippen molar-refractivity contribution in [2.45, 2.75) is 0 Å². The van der Waals surface area contributed by atoms with E-state index >= 15 is 0 Å². The van der Waals surface area contributed by atoms with Gasteiger partial charge in [0, 0.05) is 22.5 Å². The normalized spacial score (nSPS) is 11.0. The number of rotatable bonds is 3. The summed E-state index contributed by atoms with van der Waals surface area (Å²) in [5, 5.41) is 11.4. The van der Waals surface area contributed by atoms with E-state index in [2.05, 4.69) is 34.9 Å². The lowest BCUT2D eigenvalue weighted by Crippen LogP contribution is -2.00. The molecular formula is C18H14BNO2. The Kier molecular flexibility index (Phi) is 3.09. The molecule has 4 aromatic rings. The zero-order chi connectivity index (χ0) is 14.9. The van der Waals surface area contributed by atoms with Crippen LogP contribution < -0.4 is 4.65 Å². The summed E-state index contributed by atoms with van der Waals surface area (Å²) in [4.78, 5) is 0. The van der Waals surface area contributed by atoms with Gasteiger partial charge in [-0.05, 0) is 30.3 Å². The third-order valence-electron chi connectivity index (χ3n) is 3.89. The van der Waals surface area contributed by atoms with Crippen LogP contribution in [-0.4, -0.2) is 17.3 Å². The maximum Gasteiger partial charge on any atom is 0.504 e. The van der Waals surface area contributed by atoms with E-state index in [9.17, 15) is 0 Å². The van der Waals surface area contributed by atoms with Gasteiger partial charge in [0.05, 0.1) is 11.0 Å². The van der Waals surface area contributed by atoms with E-state index in [1.807, 2.05) is 42.5 Å². The van der Waals surface area contributed by atoms with Crippen molar-refractivity contribution < 1.29 is 9.68 Å². The first-order valence-electron chi connectivity index (χ1n) is 7.21. The van der Waals surface area contributed by atoms with Gasteiger partial charge >= 0.3 is 7.69 Å². The van der Waals surface area contributed by atoms with E-state index in [-0.39, 0.29) is 7.69 Å². The molecule has 0 atom stereocenters. The number of benzene rings is 3. The van der Waals surface area contributed by atoms with E-state index < -0.39 is 0 Å². The summed E-state index contributed by atoms with van der Waals surface area (Å²) in [6.07, 6.45) is 0. The molecule has 0 unspecified atom stereocenters. The molecule has 0 saturated heterocycles. The van der Waals surface area contributed by atoms with Gasteiger partial charge < -0.3 is 14.2 Å². The van der Waals surface area contributed by atoms with E-state index in [0.717, 1.165) is 16.7 Å². The smallest absolute Gasteiger partial charge is 0.504 e. The fraction of sp³-hybridized carbons (Fsp3) is 0. The van der Waals surface area contributed by atoms with Crippen LogP contribution in [0.25, 0.3) is 27.5 Å². The molecule has 3 aromatic carbocycles. The second-order valence-corrected chi connectivity index (χ2v) is 5.14. The fourth-order valence-corrected chi connectivity index (χ4v) is 2.97. The van der Waals surface area contributed by atoms with Crippen LogP contribution in [0.4, 0.5) is 0 Å². The molecule has 22 heavy (non-hydrogen) atoms. The Morgan fingerprint density at radius 3 is 2.32 bits per heavy atom. The van der Waals surface area contributed by atoms with Crippen molar-refractivity contribution in [2.24, 2.45) is 0 Å². The monoisotopic (exact) mass is 287 g/mol. The molecule has 0 bridgehead atoms. The van der Waals surface area contributed by atoms with Crippen molar-refractivity contribution in [3.63, 3.8) is 0 Å². The highest BCUT2D eigenvalue weighted by atomic mass is 16.5. The summed E-state index contributed by atoms with van der Waals surface area (Å²) < 4.78 is 7.46. The standard InChI is InChI=1S/C18H14BNO2/c21-19-22-14-10-11-16-15-8-4-5-9-17(15)20(18(16)12-14)13-6-2-1-3-7-13/h1-12,19,21H. The minimum Gasteiger partial charge on any atom is -0.539 e. The van der Waals surface area contributed by atoms with Crippen molar-refractivity contribution in [1.29, 1.82) is 0 Å². The third kappa shape index (κ3) is 1.97. The summed E-state index contributed by atoms with van der Waals surface area (Å²) in [7, 11) is -0.322. The van der Waals surface area contributed by atoms with E-state index in [0.29, 0.717) is 5.75 Å². The Bertz CT molecular complexity index is 947. The quantitative estimate of drug-likeness (QED) is 0.586. The molecule has 4 heteroatoms. The summed E-state index contributed by atoms with van der Waals surface area (Å²) in [5.74, 6) is 0.662. The largest absolute Gasteiger partial charge is 0.539 e. The summed E-state index contributed by atoms with van der Waals surface area (Å²) in [6, 6.07) is 24.5. The van der Waals surface area contributed by atoms with E-state index in [1.54, 1.807) is 0 Å². The van der Waals surface area contributed by atoms with Crippen molar-refractivity contribution in [1.82, 2.24) is 4.57 Å². The molecule has 0 spiro atoms.